The number of phenols is 1. The molecule has 0 saturated carbocycles. The molecule has 0 fully saturated rings. The van der Waals surface area contributed by atoms with E-state index in [0.29, 0.717) is 22.7 Å². The number of ether oxygens (including phenoxy) is 3. The van der Waals surface area contributed by atoms with Gasteiger partial charge in [-0.2, -0.15) is 0 Å². The highest BCUT2D eigenvalue weighted by atomic mass is 16.7. The van der Waals surface area contributed by atoms with Gasteiger partial charge in [0.1, 0.15) is 5.75 Å². The van der Waals surface area contributed by atoms with E-state index in [0.717, 1.165) is 11.1 Å². The highest BCUT2D eigenvalue weighted by molar-refractivity contribution is 5.97. The maximum atomic E-state index is 12.4. The van der Waals surface area contributed by atoms with Gasteiger partial charge >= 0.3 is 5.97 Å². The van der Waals surface area contributed by atoms with Crippen molar-refractivity contribution in [2.45, 2.75) is 13.0 Å². The molecule has 3 aromatic rings. The van der Waals surface area contributed by atoms with Crippen molar-refractivity contribution in [3.8, 4) is 28.4 Å². The van der Waals surface area contributed by atoms with Crippen LogP contribution in [-0.4, -0.2) is 29.9 Å². The molecule has 2 N–H and O–H groups in total. The second-order valence-corrected chi connectivity index (χ2v) is 6.73. The first kappa shape index (κ1) is 19.3. The summed E-state index contributed by atoms with van der Waals surface area (Å²) in [6.45, 7) is 1.65. The van der Waals surface area contributed by atoms with E-state index in [-0.39, 0.29) is 12.5 Å². The topological polar surface area (TPSA) is 94.1 Å². The minimum Gasteiger partial charge on any atom is -0.508 e. The lowest BCUT2D eigenvalue weighted by atomic mass is 10.0. The molecule has 1 atom stereocenters. The fourth-order valence-electron chi connectivity index (χ4n) is 2.95. The maximum absolute atomic E-state index is 12.4. The molecule has 0 aromatic heterocycles. The number of carbonyl (C=O) groups is 2. The molecule has 152 valence electrons. The Bertz CT molecular complexity index is 1080. The molecule has 1 aliphatic rings. The van der Waals surface area contributed by atoms with Crippen molar-refractivity contribution in [1.82, 2.24) is 0 Å². The van der Waals surface area contributed by atoms with Gasteiger partial charge in [0.15, 0.2) is 17.6 Å². The summed E-state index contributed by atoms with van der Waals surface area (Å²) in [6, 6.07) is 18.6. The lowest BCUT2D eigenvalue weighted by Gasteiger charge is -2.14. The summed E-state index contributed by atoms with van der Waals surface area (Å²) in [7, 11) is 0. The van der Waals surface area contributed by atoms with E-state index in [9.17, 15) is 14.7 Å². The number of carbonyl (C=O) groups excluding carboxylic acids is 2. The molecule has 1 heterocycles. The molecule has 1 amide bonds. The van der Waals surface area contributed by atoms with Crippen LogP contribution < -0.4 is 14.8 Å². The minimum atomic E-state index is -0.986. The normalized spacial score (nSPS) is 12.8. The summed E-state index contributed by atoms with van der Waals surface area (Å²) >= 11 is 0. The summed E-state index contributed by atoms with van der Waals surface area (Å²) in [5.74, 6) is 0.296. The average molecular weight is 405 g/mol. The zero-order valence-corrected chi connectivity index (χ0v) is 16.1. The van der Waals surface area contributed by atoms with E-state index in [1.54, 1.807) is 66.7 Å². The van der Waals surface area contributed by atoms with Gasteiger partial charge in [0, 0.05) is 11.8 Å². The van der Waals surface area contributed by atoms with E-state index in [1.165, 1.54) is 6.92 Å². The van der Waals surface area contributed by atoms with Gasteiger partial charge in [0.25, 0.3) is 5.91 Å². The van der Waals surface area contributed by atoms with Crippen LogP contribution >= 0.6 is 0 Å². The first-order chi connectivity index (χ1) is 14.5. The molecule has 30 heavy (non-hydrogen) atoms. The summed E-state index contributed by atoms with van der Waals surface area (Å²) < 4.78 is 15.8. The lowest BCUT2D eigenvalue weighted by Crippen LogP contribution is -2.30. The Labute approximate surface area is 172 Å². The Hall–Kier alpha value is -4.00. The van der Waals surface area contributed by atoms with Crippen molar-refractivity contribution < 1.29 is 28.9 Å². The summed E-state index contributed by atoms with van der Waals surface area (Å²) in [4.78, 5) is 24.8. The van der Waals surface area contributed by atoms with Crippen LogP contribution in [0.5, 0.6) is 17.2 Å². The van der Waals surface area contributed by atoms with Gasteiger partial charge in [-0.3, -0.25) is 4.79 Å². The van der Waals surface area contributed by atoms with Crippen LogP contribution in [0, 0.1) is 0 Å². The molecule has 0 unspecified atom stereocenters. The van der Waals surface area contributed by atoms with Crippen molar-refractivity contribution in [3.05, 3.63) is 72.3 Å². The number of amides is 1. The minimum absolute atomic E-state index is 0.145. The third kappa shape index (κ3) is 4.20. The molecule has 0 spiro atoms. The molecule has 0 saturated heterocycles. The third-order valence-corrected chi connectivity index (χ3v) is 4.61. The van der Waals surface area contributed by atoms with Crippen LogP contribution in [0.25, 0.3) is 11.1 Å². The molecular weight excluding hydrogens is 386 g/mol. The van der Waals surface area contributed by atoms with Crippen molar-refractivity contribution in [3.63, 3.8) is 0 Å². The highest BCUT2D eigenvalue weighted by Gasteiger charge is 2.20. The number of fused-ring (bicyclic) bond motifs is 1. The fourth-order valence-corrected chi connectivity index (χ4v) is 2.95. The van der Waals surface area contributed by atoms with Gasteiger partial charge in [0.05, 0.1) is 5.56 Å². The number of phenolic OH excluding ortho intramolecular Hbond substituents is 1. The summed E-state index contributed by atoms with van der Waals surface area (Å²) in [5, 5.41) is 12.1. The van der Waals surface area contributed by atoms with Gasteiger partial charge < -0.3 is 24.6 Å². The largest absolute Gasteiger partial charge is 0.508 e. The number of hydrogen-bond acceptors (Lipinski definition) is 6. The number of benzene rings is 3. The number of anilines is 1. The third-order valence-electron chi connectivity index (χ3n) is 4.61. The molecular formula is C23H19NO6. The first-order valence-electron chi connectivity index (χ1n) is 9.30. The van der Waals surface area contributed by atoms with Crippen LogP contribution in [0.3, 0.4) is 0 Å². The van der Waals surface area contributed by atoms with Crippen LogP contribution in [0.15, 0.2) is 66.7 Å². The highest BCUT2D eigenvalue weighted by Crippen LogP contribution is 2.34. The second-order valence-electron chi connectivity index (χ2n) is 6.73. The number of nitrogens with one attached hydrogen (secondary N) is 1. The standard InChI is InChI=1S/C23H19NO6/c1-14(22(26)24-18-8-11-20-21(12-18)29-13-28-20)30-23(27)17-4-2-15(3-5-17)16-6-9-19(25)10-7-16/h2-12,14,25H,13H2,1H3,(H,24,26)/t14-/m0/s1. The molecule has 3 aromatic carbocycles. The molecule has 1 aliphatic heterocycles. The SMILES string of the molecule is C[C@H](OC(=O)c1ccc(-c2ccc(O)cc2)cc1)C(=O)Nc1ccc2c(c1)OCO2. The van der Waals surface area contributed by atoms with E-state index < -0.39 is 18.0 Å². The Morgan fingerprint density at radius 2 is 1.57 bits per heavy atom. The Morgan fingerprint density at radius 3 is 2.27 bits per heavy atom. The lowest BCUT2D eigenvalue weighted by molar-refractivity contribution is -0.123. The number of esters is 1. The van der Waals surface area contributed by atoms with Gasteiger partial charge in [-0.05, 0) is 54.4 Å². The molecule has 7 heteroatoms. The summed E-state index contributed by atoms with van der Waals surface area (Å²) in [6.07, 6.45) is -0.986. The predicted molar refractivity (Wildman–Crippen MR) is 110 cm³/mol. The smallest absolute Gasteiger partial charge is 0.338 e. The quantitative estimate of drug-likeness (QED) is 0.624. The average Bonchev–Trinajstić information content (AvgIpc) is 3.22. The van der Waals surface area contributed by atoms with Crippen molar-refractivity contribution in [1.29, 1.82) is 0 Å². The first-order valence-corrected chi connectivity index (χ1v) is 9.30. The Kier molecular flexibility index (Phi) is 5.26. The van der Waals surface area contributed by atoms with Crippen LogP contribution in [0.4, 0.5) is 5.69 Å². The zero-order chi connectivity index (χ0) is 21.1. The van der Waals surface area contributed by atoms with E-state index >= 15 is 0 Å². The van der Waals surface area contributed by atoms with Crippen LogP contribution in [0.1, 0.15) is 17.3 Å². The van der Waals surface area contributed by atoms with Gasteiger partial charge in [-0.1, -0.05) is 24.3 Å². The molecule has 7 nitrogen and oxygen atoms in total. The monoisotopic (exact) mass is 405 g/mol. The van der Waals surface area contributed by atoms with E-state index in [1.807, 2.05) is 0 Å². The molecule has 0 aliphatic carbocycles. The zero-order valence-electron chi connectivity index (χ0n) is 16.1. The second kappa shape index (κ2) is 8.16. The molecule has 0 bridgehead atoms. The predicted octanol–water partition coefficient (Wildman–Crippen LogP) is 3.97. The summed E-state index contributed by atoms with van der Waals surface area (Å²) in [5.41, 5.74) is 2.65. The van der Waals surface area contributed by atoms with Crippen LogP contribution in [-0.2, 0) is 9.53 Å². The van der Waals surface area contributed by atoms with Crippen LogP contribution in [0.2, 0.25) is 0 Å². The number of aromatic hydroxyl groups is 1. The number of rotatable bonds is 5. The Morgan fingerprint density at radius 1 is 0.933 bits per heavy atom. The fraction of sp³-hybridized carbons (Fsp3) is 0.130. The van der Waals surface area contributed by atoms with E-state index in [4.69, 9.17) is 14.2 Å². The molecule has 4 rings (SSSR count). The van der Waals surface area contributed by atoms with Crippen molar-refractivity contribution in [2.75, 3.05) is 12.1 Å². The van der Waals surface area contributed by atoms with Gasteiger partial charge in [-0.25, -0.2) is 4.79 Å². The van der Waals surface area contributed by atoms with E-state index in [2.05, 4.69) is 5.32 Å². The van der Waals surface area contributed by atoms with Gasteiger partial charge in [0.2, 0.25) is 6.79 Å². The Balaban J connectivity index is 1.36. The van der Waals surface area contributed by atoms with Gasteiger partial charge in [-0.15, -0.1) is 0 Å². The van der Waals surface area contributed by atoms with Crippen molar-refractivity contribution >= 4 is 17.6 Å². The molecule has 0 radical (unpaired) electrons. The number of hydrogen-bond donors (Lipinski definition) is 2. The maximum Gasteiger partial charge on any atom is 0.338 e. The van der Waals surface area contributed by atoms with Crippen molar-refractivity contribution in [2.24, 2.45) is 0 Å².